The smallest absolute Gasteiger partial charge is 0.165 e. The van der Waals surface area contributed by atoms with E-state index in [1.54, 1.807) is 6.07 Å². The molecule has 1 heterocycles. The van der Waals surface area contributed by atoms with Gasteiger partial charge < -0.3 is 15.2 Å². The molecule has 110 valence electrons. The molecule has 1 aliphatic heterocycles. The molecule has 0 fully saturated rings. The van der Waals surface area contributed by atoms with Crippen LogP contribution >= 0.6 is 0 Å². The van der Waals surface area contributed by atoms with Crippen LogP contribution in [0.1, 0.15) is 11.1 Å². The molecule has 0 saturated carbocycles. The lowest BCUT2D eigenvalue weighted by Gasteiger charge is -2.19. The molecule has 0 spiro atoms. The Morgan fingerprint density at radius 3 is 2.86 bits per heavy atom. The summed E-state index contributed by atoms with van der Waals surface area (Å²) < 4.78 is 24.5. The van der Waals surface area contributed by atoms with Crippen LogP contribution in [0.5, 0.6) is 11.5 Å². The Balaban J connectivity index is 1.68. The lowest BCUT2D eigenvalue weighted by Crippen LogP contribution is -2.39. The second kappa shape index (κ2) is 5.74. The summed E-state index contributed by atoms with van der Waals surface area (Å²) >= 11 is 0. The van der Waals surface area contributed by atoms with Crippen molar-refractivity contribution >= 4 is 0 Å². The van der Waals surface area contributed by atoms with Gasteiger partial charge in [0.1, 0.15) is 11.9 Å². The van der Waals surface area contributed by atoms with Crippen molar-refractivity contribution in [3.8, 4) is 11.5 Å². The van der Waals surface area contributed by atoms with E-state index in [4.69, 9.17) is 15.2 Å². The molecule has 0 radical (unpaired) electrons. The minimum Gasteiger partial charge on any atom is -0.494 e. The molecular formula is C17H18FNO2. The first kappa shape index (κ1) is 13.9. The molecule has 3 rings (SSSR count). The minimum absolute atomic E-state index is 0.0624. The van der Waals surface area contributed by atoms with E-state index in [0.29, 0.717) is 6.42 Å². The highest BCUT2D eigenvalue weighted by Gasteiger charge is 2.28. The van der Waals surface area contributed by atoms with Crippen LogP contribution in [0.3, 0.4) is 0 Å². The van der Waals surface area contributed by atoms with Crippen LogP contribution in [0.15, 0.2) is 42.5 Å². The van der Waals surface area contributed by atoms with Crippen LogP contribution in [0.2, 0.25) is 0 Å². The van der Waals surface area contributed by atoms with Gasteiger partial charge in [0.25, 0.3) is 0 Å². The normalized spacial score (nSPS) is 18.0. The SMILES string of the molecule is COc1ccc(CC(N)C2Cc3ccccc3O2)cc1F. The van der Waals surface area contributed by atoms with Crippen LogP contribution in [-0.4, -0.2) is 19.3 Å². The van der Waals surface area contributed by atoms with Gasteiger partial charge in [-0.05, 0) is 35.7 Å². The van der Waals surface area contributed by atoms with E-state index in [1.165, 1.54) is 18.7 Å². The Bertz CT molecular complexity index is 619. The molecule has 0 aliphatic carbocycles. The van der Waals surface area contributed by atoms with Crippen LogP contribution in [0, 0.1) is 5.82 Å². The predicted molar refractivity (Wildman–Crippen MR) is 79.2 cm³/mol. The third-order valence-corrected chi connectivity index (χ3v) is 3.84. The summed E-state index contributed by atoms with van der Waals surface area (Å²) in [6, 6.07) is 12.7. The topological polar surface area (TPSA) is 44.5 Å². The van der Waals surface area contributed by atoms with Crippen LogP contribution in [-0.2, 0) is 12.8 Å². The van der Waals surface area contributed by atoms with Crippen LogP contribution in [0.25, 0.3) is 0 Å². The lowest BCUT2D eigenvalue weighted by molar-refractivity contribution is 0.198. The summed E-state index contributed by atoms with van der Waals surface area (Å²) in [4.78, 5) is 0. The van der Waals surface area contributed by atoms with Crippen molar-refractivity contribution in [2.75, 3.05) is 7.11 Å². The maximum Gasteiger partial charge on any atom is 0.165 e. The van der Waals surface area contributed by atoms with Gasteiger partial charge in [0.2, 0.25) is 0 Å². The molecule has 2 unspecified atom stereocenters. The van der Waals surface area contributed by atoms with E-state index in [9.17, 15) is 4.39 Å². The Hall–Kier alpha value is -2.07. The lowest BCUT2D eigenvalue weighted by atomic mass is 9.98. The fraction of sp³-hybridized carbons (Fsp3) is 0.294. The van der Waals surface area contributed by atoms with Crippen molar-refractivity contribution in [2.24, 2.45) is 5.73 Å². The molecule has 0 amide bonds. The van der Waals surface area contributed by atoms with E-state index in [2.05, 4.69) is 6.07 Å². The van der Waals surface area contributed by atoms with E-state index in [-0.39, 0.29) is 23.7 Å². The zero-order chi connectivity index (χ0) is 14.8. The van der Waals surface area contributed by atoms with Crippen molar-refractivity contribution in [3.05, 3.63) is 59.4 Å². The predicted octanol–water partition coefficient (Wildman–Crippen LogP) is 2.71. The molecule has 1 aliphatic rings. The van der Waals surface area contributed by atoms with E-state index >= 15 is 0 Å². The highest BCUT2D eigenvalue weighted by atomic mass is 19.1. The minimum atomic E-state index is -0.363. The molecule has 2 aromatic rings. The van der Waals surface area contributed by atoms with Gasteiger partial charge in [0.15, 0.2) is 11.6 Å². The number of benzene rings is 2. The Kier molecular flexibility index (Phi) is 3.80. The zero-order valence-electron chi connectivity index (χ0n) is 11.9. The number of para-hydroxylation sites is 1. The zero-order valence-corrected chi connectivity index (χ0v) is 11.9. The van der Waals surface area contributed by atoms with Gasteiger partial charge in [0, 0.05) is 12.5 Å². The summed E-state index contributed by atoms with van der Waals surface area (Å²) in [7, 11) is 1.45. The van der Waals surface area contributed by atoms with Gasteiger partial charge >= 0.3 is 0 Å². The van der Waals surface area contributed by atoms with Crippen LogP contribution < -0.4 is 15.2 Å². The molecule has 3 nitrogen and oxygen atoms in total. The monoisotopic (exact) mass is 287 g/mol. The number of fused-ring (bicyclic) bond motifs is 1. The van der Waals surface area contributed by atoms with E-state index in [0.717, 1.165) is 17.7 Å². The fourth-order valence-electron chi connectivity index (χ4n) is 2.69. The largest absolute Gasteiger partial charge is 0.494 e. The average molecular weight is 287 g/mol. The molecule has 4 heteroatoms. The number of rotatable bonds is 4. The highest BCUT2D eigenvalue weighted by molar-refractivity contribution is 5.38. The van der Waals surface area contributed by atoms with Gasteiger partial charge in [-0.1, -0.05) is 24.3 Å². The molecule has 2 N–H and O–H groups in total. The van der Waals surface area contributed by atoms with Gasteiger partial charge in [-0.25, -0.2) is 4.39 Å². The van der Waals surface area contributed by atoms with Crippen molar-refractivity contribution < 1.29 is 13.9 Å². The standard InChI is InChI=1S/C17H18FNO2/c1-20-16-7-6-11(8-13(16)18)9-14(19)17-10-12-4-2-3-5-15(12)21-17/h2-8,14,17H,9-10,19H2,1H3. The summed E-state index contributed by atoms with van der Waals surface area (Å²) in [6.07, 6.45) is 1.31. The molecule has 2 atom stereocenters. The summed E-state index contributed by atoms with van der Waals surface area (Å²) in [5, 5.41) is 0. The number of ether oxygens (including phenoxy) is 2. The second-order valence-corrected chi connectivity index (χ2v) is 5.31. The number of hydrogen-bond donors (Lipinski definition) is 1. The number of nitrogens with two attached hydrogens (primary N) is 1. The van der Waals surface area contributed by atoms with Gasteiger partial charge in [-0.3, -0.25) is 0 Å². The quantitative estimate of drug-likeness (QED) is 0.940. The number of methoxy groups -OCH3 is 1. The maximum atomic E-state index is 13.7. The maximum absolute atomic E-state index is 13.7. The van der Waals surface area contributed by atoms with Gasteiger partial charge in [0.05, 0.1) is 7.11 Å². The average Bonchev–Trinajstić information content (AvgIpc) is 2.91. The van der Waals surface area contributed by atoms with Gasteiger partial charge in [-0.15, -0.1) is 0 Å². The molecule has 2 aromatic carbocycles. The molecule has 0 bridgehead atoms. The van der Waals surface area contributed by atoms with Crippen molar-refractivity contribution in [1.29, 1.82) is 0 Å². The first-order valence-corrected chi connectivity index (χ1v) is 7.00. The van der Waals surface area contributed by atoms with Gasteiger partial charge in [-0.2, -0.15) is 0 Å². The number of halogens is 1. The molecule has 21 heavy (non-hydrogen) atoms. The highest BCUT2D eigenvalue weighted by Crippen LogP contribution is 2.30. The molecule has 0 saturated heterocycles. The summed E-state index contributed by atoms with van der Waals surface area (Å²) in [5.74, 6) is 0.786. The first-order chi connectivity index (χ1) is 10.2. The van der Waals surface area contributed by atoms with Crippen LogP contribution in [0.4, 0.5) is 4.39 Å². The summed E-state index contributed by atoms with van der Waals surface area (Å²) in [5.41, 5.74) is 8.26. The Morgan fingerprint density at radius 2 is 2.14 bits per heavy atom. The van der Waals surface area contributed by atoms with Crippen molar-refractivity contribution in [3.63, 3.8) is 0 Å². The Morgan fingerprint density at radius 1 is 1.33 bits per heavy atom. The van der Waals surface area contributed by atoms with Crippen molar-refractivity contribution in [1.82, 2.24) is 0 Å². The Labute approximate surface area is 123 Å². The molecule has 0 aromatic heterocycles. The van der Waals surface area contributed by atoms with E-state index < -0.39 is 0 Å². The van der Waals surface area contributed by atoms with E-state index in [1.807, 2.05) is 24.3 Å². The summed E-state index contributed by atoms with van der Waals surface area (Å²) in [6.45, 7) is 0. The number of hydrogen-bond acceptors (Lipinski definition) is 3. The molecular weight excluding hydrogens is 269 g/mol. The van der Waals surface area contributed by atoms with Crippen molar-refractivity contribution in [2.45, 2.75) is 25.0 Å². The fourth-order valence-corrected chi connectivity index (χ4v) is 2.69. The third-order valence-electron chi connectivity index (χ3n) is 3.84. The first-order valence-electron chi connectivity index (χ1n) is 7.00. The second-order valence-electron chi connectivity index (χ2n) is 5.31. The third kappa shape index (κ3) is 2.85.